The minimum Gasteiger partial charge on any atom is -0.477 e. The quantitative estimate of drug-likeness (QED) is 0.486. The molecule has 2 aliphatic heterocycles. The standard InChI is InChI=1S/C24H32N6O4/c1-3-16-14-30(24(32)33)20(13-27-16)15-10-19(22(31)29-17-7-9-25-12-17)21(28-11-15)18-6-5-8-26-23(18)34-4-2/h5-6,8,10-11,16-17,20,25,27H,3-4,7,9,12-14H2,1-2H3,(H,29,31)(H,32,33)/t16?,17-,20?/m1/s1. The molecule has 4 rings (SSSR count). The number of aromatic nitrogens is 2. The second-order valence-electron chi connectivity index (χ2n) is 8.58. The van der Waals surface area contributed by atoms with Gasteiger partial charge in [0.05, 0.1) is 29.5 Å². The van der Waals surface area contributed by atoms with Gasteiger partial charge in [0.15, 0.2) is 0 Å². The lowest BCUT2D eigenvalue weighted by atomic mass is 9.97. The van der Waals surface area contributed by atoms with Crippen molar-refractivity contribution in [1.29, 1.82) is 0 Å². The Bertz CT molecular complexity index is 1030. The molecule has 0 saturated carbocycles. The first kappa shape index (κ1) is 23.9. The van der Waals surface area contributed by atoms with Gasteiger partial charge in [-0.25, -0.2) is 9.78 Å². The third kappa shape index (κ3) is 5.13. The van der Waals surface area contributed by atoms with Gasteiger partial charge in [0, 0.05) is 44.1 Å². The van der Waals surface area contributed by atoms with E-state index in [0.29, 0.717) is 54.5 Å². The van der Waals surface area contributed by atoms with Crippen molar-refractivity contribution in [1.82, 2.24) is 30.8 Å². The van der Waals surface area contributed by atoms with E-state index in [1.54, 1.807) is 24.5 Å². The van der Waals surface area contributed by atoms with E-state index in [1.807, 2.05) is 19.9 Å². The smallest absolute Gasteiger partial charge is 0.407 e. The van der Waals surface area contributed by atoms with E-state index in [0.717, 1.165) is 19.4 Å². The lowest BCUT2D eigenvalue weighted by molar-refractivity contribution is 0.0939. The molecule has 2 saturated heterocycles. The largest absolute Gasteiger partial charge is 0.477 e. The Hall–Kier alpha value is -3.24. The summed E-state index contributed by atoms with van der Waals surface area (Å²) in [6.07, 6.45) is 3.99. The van der Waals surface area contributed by atoms with Crippen LogP contribution < -0.4 is 20.7 Å². The zero-order valence-electron chi connectivity index (χ0n) is 19.6. The Labute approximate surface area is 199 Å². The lowest BCUT2D eigenvalue weighted by Crippen LogP contribution is -2.53. The van der Waals surface area contributed by atoms with Gasteiger partial charge in [-0.1, -0.05) is 6.92 Å². The highest BCUT2D eigenvalue weighted by molar-refractivity contribution is 6.00. The van der Waals surface area contributed by atoms with Crippen LogP contribution >= 0.6 is 0 Å². The molecule has 34 heavy (non-hydrogen) atoms. The normalized spacial score (nSPS) is 22.4. The van der Waals surface area contributed by atoms with Crippen LogP contribution in [0.5, 0.6) is 5.88 Å². The van der Waals surface area contributed by atoms with Crippen molar-refractivity contribution in [2.45, 2.75) is 44.8 Å². The van der Waals surface area contributed by atoms with Crippen LogP contribution in [0.3, 0.4) is 0 Å². The maximum absolute atomic E-state index is 13.4. The van der Waals surface area contributed by atoms with Crippen LogP contribution in [0.1, 0.15) is 48.7 Å². The number of carbonyl (C=O) groups excluding carboxylic acids is 1. The van der Waals surface area contributed by atoms with Crippen molar-refractivity contribution >= 4 is 12.0 Å². The summed E-state index contributed by atoms with van der Waals surface area (Å²) in [5.74, 6) is 0.153. The van der Waals surface area contributed by atoms with Gasteiger partial charge in [0.25, 0.3) is 5.91 Å². The second kappa shape index (κ2) is 10.8. The number of ether oxygens (including phenoxy) is 1. The molecule has 0 aromatic carbocycles. The Balaban J connectivity index is 1.74. The highest BCUT2D eigenvalue weighted by Crippen LogP contribution is 2.32. The number of hydrogen-bond donors (Lipinski definition) is 4. The molecule has 2 fully saturated rings. The Morgan fingerprint density at radius 3 is 2.85 bits per heavy atom. The van der Waals surface area contributed by atoms with Gasteiger partial charge >= 0.3 is 6.09 Å². The van der Waals surface area contributed by atoms with E-state index in [1.165, 1.54) is 4.90 Å². The van der Waals surface area contributed by atoms with Gasteiger partial charge < -0.3 is 25.8 Å². The fourth-order valence-electron chi connectivity index (χ4n) is 4.51. The molecule has 0 aliphatic carbocycles. The first-order chi connectivity index (χ1) is 16.5. The molecule has 2 aromatic rings. The van der Waals surface area contributed by atoms with Crippen molar-refractivity contribution < 1.29 is 19.4 Å². The number of pyridine rings is 2. The Morgan fingerprint density at radius 1 is 1.29 bits per heavy atom. The zero-order chi connectivity index (χ0) is 24.1. The summed E-state index contributed by atoms with van der Waals surface area (Å²) in [6, 6.07) is 5.05. The number of hydrogen-bond acceptors (Lipinski definition) is 7. The fraction of sp³-hybridized carbons (Fsp3) is 0.500. The molecule has 4 N–H and O–H groups in total. The highest BCUT2D eigenvalue weighted by atomic mass is 16.5. The second-order valence-corrected chi connectivity index (χ2v) is 8.58. The first-order valence-corrected chi connectivity index (χ1v) is 11.8. The molecule has 182 valence electrons. The molecule has 0 spiro atoms. The molecular weight excluding hydrogens is 436 g/mol. The van der Waals surface area contributed by atoms with E-state index < -0.39 is 12.1 Å². The van der Waals surface area contributed by atoms with Gasteiger partial charge in [-0.15, -0.1) is 0 Å². The van der Waals surface area contributed by atoms with Crippen LogP contribution in [0.15, 0.2) is 30.6 Å². The first-order valence-electron chi connectivity index (χ1n) is 11.8. The predicted octanol–water partition coefficient (Wildman–Crippen LogP) is 2.04. The molecule has 2 unspecified atom stereocenters. The average molecular weight is 469 g/mol. The maximum Gasteiger partial charge on any atom is 0.407 e. The molecule has 0 radical (unpaired) electrons. The van der Waals surface area contributed by atoms with E-state index in [2.05, 4.69) is 25.9 Å². The van der Waals surface area contributed by atoms with E-state index >= 15 is 0 Å². The monoisotopic (exact) mass is 468 g/mol. The van der Waals surface area contributed by atoms with E-state index in [-0.39, 0.29) is 18.0 Å². The topological polar surface area (TPSA) is 129 Å². The minimum atomic E-state index is -0.983. The molecule has 10 nitrogen and oxygen atoms in total. The number of carboxylic acid groups (broad SMARTS) is 1. The van der Waals surface area contributed by atoms with Crippen molar-refractivity contribution in [2.75, 3.05) is 32.8 Å². The van der Waals surface area contributed by atoms with Crippen LogP contribution in [0, 0.1) is 0 Å². The molecule has 2 aliphatic rings. The number of amides is 2. The van der Waals surface area contributed by atoms with Gasteiger partial charge in [-0.3, -0.25) is 14.7 Å². The van der Waals surface area contributed by atoms with Crippen LogP contribution in [0.25, 0.3) is 11.3 Å². The number of rotatable bonds is 7. The van der Waals surface area contributed by atoms with Gasteiger partial charge in [0.2, 0.25) is 5.88 Å². The fourth-order valence-corrected chi connectivity index (χ4v) is 4.51. The minimum absolute atomic E-state index is 0.0291. The van der Waals surface area contributed by atoms with E-state index in [9.17, 15) is 14.7 Å². The zero-order valence-corrected chi connectivity index (χ0v) is 19.6. The average Bonchev–Trinajstić information content (AvgIpc) is 3.37. The van der Waals surface area contributed by atoms with Crippen LogP contribution in [0.4, 0.5) is 4.79 Å². The van der Waals surface area contributed by atoms with Crippen molar-refractivity contribution in [3.8, 4) is 17.1 Å². The summed E-state index contributed by atoms with van der Waals surface area (Å²) >= 11 is 0. The molecule has 10 heteroatoms. The van der Waals surface area contributed by atoms with E-state index in [4.69, 9.17) is 4.74 Å². The van der Waals surface area contributed by atoms with Crippen molar-refractivity contribution in [2.24, 2.45) is 0 Å². The van der Waals surface area contributed by atoms with Gasteiger partial charge in [0.1, 0.15) is 0 Å². The predicted molar refractivity (Wildman–Crippen MR) is 127 cm³/mol. The molecule has 0 bridgehead atoms. The number of piperazine rings is 1. The number of nitrogens with one attached hydrogen (secondary N) is 3. The van der Waals surface area contributed by atoms with Gasteiger partial charge in [-0.05, 0) is 50.1 Å². The lowest BCUT2D eigenvalue weighted by Gasteiger charge is -2.38. The summed E-state index contributed by atoms with van der Waals surface area (Å²) in [4.78, 5) is 35.8. The highest BCUT2D eigenvalue weighted by Gasteiger charge is 2.33. The Morgan fingerprint density at radius 2 is 2.15 bits per heavy atom. The van der Waals surface area contributed by atoms with Gasteiger partial charge in [-0.2, -0.15) is 0 Å². The van der Waals surface area contributed by atoms with Crippen LogP contribution in [0.2, 0.25) is 0 Å². The molecule has 2 aromatic heterocycles. The number of carbonyl (C=O) groups is 2. The number of nitrogens with zero attached hydrogens (tertiary/aromatic N) is 3. The summed E-state index contributed by atoms with van der Waals surface area (Å²) in [5.41, 5.74) is 2.13. The summed E-state index contributed by atoms with van der Waals surface area (Å²) in [6.45, 7) is 6.73. The Kier molecular flexibility index (Phi) is 7.59. The van der Waals surface area contributed by atoms with Crippen LogP contribution in [-0.4, -0.2) is 76.8 Å². The molecule has 4 heterocycles. The maximum atomic E-state index is 13.4. The van der Waals surface area contributed by atoms with Crippen molar-refractivity contribution in [3.63, 3.8) is 0 Å². The third-order valence-corrected chi connectivity index (χ3v) is 6.37. The summed E-state index contributed by atoms with van der Waals surface area (Å²) in [7, 11) is 0. The summed E-state index contributed by atoms with van der Waals surface area (Å²) < 4.78 is 5.69. The molecule has 3 atom stereocenters. The SMILES string of the molecule is CCOc1ncccc1-c1ncc(C2CNC(CC)CN2C(=O)O)cc1C(=O)N[C@@H]1CCNC1. The molecular formula is C24H32N6O4. The van der Waals surface area contributed by atoms with Crippen molar-refractivity contribution in [3.05, 3.63) is 41.7 Å². The van der Waals surface area contributed by atoms with Crippen LogP contribution in [-0.2, 0) is 0 Å². The summed E-state index contributed by atoms with van der Waals surface area (Å²) in [5, 5.41) is 19.6. The third-order valence-electron chi connectivity index (χ3n) is 6.37. The molecule has 2 amide bonds.